The number of aromatic amines is 1. The van der Waals surface area contributed by atoms with Gasteiger partial charge in [-0.3, -0.25) is 5.43 Å². The third-order valence-corrected chi connectivity index (χ3v) is 2.91. The molecule has 100 valence electrons. The van der Waals surface area contributed by atoms with Gasteiger partial charge in [0.05, 0.1) is 11.4 Å². The van der Waals surface area contributed by atoms with Crippen LogP contribution in [0.25, 0.3) is 0 Å². The Labute approximate surface area is 110 Å². The van der Waals surface area contributed by atoms with Gasteiger partial charge in [0.1, 0.15) is 5.82 Å². The summed E-state index contributed by atoms with van der Waals surface area (Å²) in [5.41, 5.74) is 6.56. The Morgan fingerprint density at radius 1 is 1.26 bits per heavy atom. The van der Waals surface area contributed by atoms with Crippen LogP contribution in [0.1, 0.15) is 23.7 Å². The minimum Gasteiger partial charge on any atom is -0.364 e. The summed E-state index contributed by atoms with van der Waals surface area (Å²) in [6, 6.07) is 3.32. The van der Waals surface area contributed by atoms with Crippen molar-refractivity contribution in [1.29, 1.82) is 0 Å². The van der Waals surface area contributed by atoms with E-state index in [0.717, 1.165) is 28.6 Å². The molecular formula is C14H15F2N3. The van der Waals surface area contributed by atoms with Crippen LogP contribution >= 0.6 is 0 Å². The van der Waals surface area contributed by atoms with Crippen molar-refractivity contribution in [2.24, 2.45) is 5.10 Å². The van der Waals surface area contributed by atoms with Crippen LogP contribution in [0.2, 0.25) is 0 Å². The van der Waals surface area contributed by atoms with Crippen LogP contribution < -0.4 is 5.43 Å². The Kier molecular flexibility index (Phi) is 3.64. The third-order valence-electron chi connectivity index (χ3n) is 2.91. The molecule has 2 N–H and O–H groups in total. The monoisotopic (exact) mass is 263 g/mol. The van der Waals surface area contributed by atoms with E-state index >= 15 is 0 Å². The maximum atomic E-state index is 13.4. The normalized spacial score (nSPS) is 11.7. The summed E-state index contributed by atoms with van der Waals surface area (Å²) in [4.78, 5) is 3.10. The Balaban J connectivity index is 2.23. The topological polar surface area (TPSA) is 40.2 Å². The Morgan fingerprint density at radius 2 is 2.00 bits per heavy atom. The van der Waals surface area contributed by atoms with Crippen molar-refractivity contribution in [3.63, 3.8) is 0 Å². The molecule has 1 heterocycles. The molecule has 0 radical (unpaired) electrons. The number of benzene rings is 1. The average molecular weight is 263 g/mol. The predicted octanol–water partition coefficient (Wildman–Crippen LogP) is 3.75. The fourth-order valence-corrected chi connectivity index (χ4v) is 1.99. The lowest BCUT2D eigenvalue weighted by Crippen LogP contribution is -2.03. The fourth-order valence-electron chi connectivity index (χ4n) is 1.99. The zero-order valence-corrected chi connectivity index (χ0v) is 11.0. The second-order valence-electron chi connectivity index (χ2n) is 4.40. The molecule has 2 aromatic rings. The van der Waals surface area contributed by atoms with E-state index < -0.39 is 11.6 Å². The molecule has 3 nitrogen and oxygen atoms in total. The molecule has 1 aromatic heterocycles. The van der Waals surface area contributed by atoms with Crippen molar-refractivity contribution >= 4 is 11.4 Å². The van der Waals surface area contributed by atoms with Gasteiger partial charge in [0.15, 0.2) is 5.82 Å². The maximum absolute atomic E-state index is 13.4. The molecular weight excluding hydrogens is 248 g/mol. The molecule has 0 aliphatic carbocycles. The van der Waals surface area contributed by atoms with Crippen molar-refractivity contribution in [3.05, 3.63) is 52.9 Å². The molecule has 5 heteroatoms. The number of nitrogens with zero attached hydrogens (tertiary/aromatic N) is 1. The maximum Gasteiger partial charge on any atom is 0.151 e. The van der Waals surface area contributed by atoms with Gasteiger partial charge in [0, 0.05) is 23.5 Å². The smallest absolute Gasteiger partial charge is 0.151 e. The predicted molar refractivity (Wildman–Crippen MR) is 72.5 cm³/mol. The number of H-pyrrole nitrogens is 1. The number of aryl methyl sites for hydroxylation is 2. The highest BCUT2D eigenvalue weighted by Gasteiger charge is 2.08. The highest BCUT2D eigenvalue weighted by Crippen LogP contribution is 2.17. The minimum atomic E-state index is -0.668. The molecule has 0 atom stereocenters. The lowest BCUT2D eigenvalue weighted by atomic mass is 10.1. The Hall–Kier alpha value is -2.17. The van der Waals surface area contributed by atoms with Crippen molar-refractivity contribution < 1.29 is 8.78 Å². The number of hydrazone groups is 1. The number of halogens is 2. The molecule has 2 rings (SSSR count). The van der Waals surface area contributed by atoms with Crippen LogP contribution in [0.3, 0.4) is 0 Å². The summed E-state index contributed by atoms with van der Waals surface area (Å²) in [7, 11) is 0. The van der Waals surface area contributed by atoms with E-state index in [1.165, 1.54) is 12.1 Å². The first kappa shape index (κ1) is 13.3. The van der Waals surface area contributed by atoms with Gasteiger partial charge >= 0.3 is 0 Å². The first-order valence-electron chi connectivity index (χ1n) is 5.89. The SMILES string of the molecule is C/C(=N\Nc1ccc(F)cc1F)c1c(C)c[nH]c1C. The van der Waals surface area contributed by atoms with Gasteiger partial charge < -0.3 is 4.98 Å². The summed E-state index contributed by atoms with van der Waals surface area (Å²) >= 11 is 0. The third kappa shape index (κ3) is 2.81. The van der Waals surface area contributed by atoms with E-state index in [2.05, 4.69) is 15.5 Å². The van der Waals surface area contributed by atoms with E-state index in [9.17, 15) is 8.78 Å². The number of nitrogens with one attached hydrogen (secondary N) is 2. The number of rotatable bonds is 3. The molecule has 0 amide bonds. The molecule has 0 aliphatic rings. The fraction of sp³-hybridized carbons (Fsp3) is 0.214. The van der Waals surface area contributed by atoms with Crippen LogP contribution in [-0.4, -0.2) is 10.7 Å². The lowest BCUT2D eigenvalue weighted by Gasteiger charge is -2.05. The first-order valence-corrected chi connectivity index (χ1v) is 5.89. The molecule has 0 bridgehead atoms. The number of anilines is 1. The van der Waals surface area contributed by atoms with Crippen molar-refractivity contribution in [1.82, 2.24) is 4.98 Å². The van der Waals surface area contributed by atoms with Gasteiger partial charge in [0.2, 0.25) is 0 Å². The summed E-state index contributed by atoms with van der Waals surface area (Å²) in [5, 5.41) is 4.13. The van der Waals surface area contributed by atoms with E-state index in [1.54, 1.807) is 0 Å². The summed E-state index contributed by atoms with van der Waals surface area (Å²) in [5.74, 6) is -1.28. The largest absolute Gasteiger partial charge is 0.364 e. The minimum absolute atomic E-state index is 0.145. The zero-order valence-electron chi connectivity index (χ0n) is 11.0. The second-order valence-corrected chi connectivity index (χ2v) is 4.40. The second kappa shape index (κ2) is 5.22. The molecule has 0 spiro atoms. The van der Waals surface area contributed by atoms with Crippen LogP contribution in [0.15, 0.2) is 29.5 Å². The van der Waals surface area contributed by atoms with Crippen LogP contribution in [0.5, 0.6) is 0 Å². The number of hydrogen-bond donors (Lipinski definition) is 2. The summed E-state index contributed by atoms with van der Waals surface area (Å²) in [6.07, 6.45) is 1.89. The van der Waals surface area contributed by atoms with Gasteiger partial charge in [-0.25, -0.2) is 8.78 Å². The lowest BCUT2D eigenvalue weighted by molar-refractivity contribution is 0.585. The average Bonchev–Trinajstić information content (AvgIpc) is 2.68. The molecule has 0 saturated heterocycles. The molecule has 0 unspecified atom stereocenters. The molecule has 0 aliphatic heterocycles. The van der Waals surface area contributed by atoms with E-state index in [4.69, 9.17) is 0 Å². The molecule has 19 heavy (non-hydrogen) atoms. The van der Waals surface area contributed by atoms with E-state index in [0.29, 0.717) is 0 Å². The van der Waals surface area contributed by atoms with Gasteiger partial charge in [-0.2, -0.15) is 5.10 Å². The number of hydrogen-bond acceptors (Lipinski definition) is 2. The zero-order chi connectivity index (χ0) is 14.0. The van der Waals surface area contributed by atoms with Crippen LogP contribution in [0, 0.1) is 25.5 Å². The number of aromatic nitrogens is 1. The quantitative estimate of drug-likeness (QED) is 0.642. The van der Waals surface area contributed by atoms with Gasteiger partial charge in [-0.1, -0.05) is 0 Å². The van der Waals surface area contributed by atoms with Crippen LogP contribution in [-0.2, 0) is 0 Å². The Bertz CT molecular complexity index is 610. The van der Waals surface area contributed by atoms with Crippen molar-refractivity contribution in [3.8, 4) is 0 Å². The van der Waals surface area contributed by atoms with E-state index in [-0.39, 0.29) is 5.69 Å². The summed E-state index contributed by atoms with van der Waals surface area (Å²) in [6.45, 7) is 5.74. The molecule has 0 saturated carbocycles. The van der Waals surface area contributed by atoms with Gasteiger partial charge in [0.25, 0.3) is 0 Å². The highest BCUT2D eigenvalue weighted by atomic mass is 19.1. The highest BCUT2D eigenvalue weighted by molar-refractivity contribution is 6.01. The van der Waals surface area contributed by atoms with Crippen molar-refractivity contribution in [2.45, 2.75) is 20.8 Å². The van der Waals surface area contributed by atoms with Crippen molar-refractivity contribution in [2.75, 3.05) is 5.43 Å². The Morgan fingerprint density at radius 3 is 2.58 bits per heavy atom. The summed E-state index contributed by atoms with van der Waals surface area (Å²) < 4.78 is 26.2. The molecule has 0 fully saturated rings. The van der Waals surface area contributed by atoms with E-state index in [1.807, 2.05) is 27.0 Å². The molecule has 1 aromatic carbocycles. The first-order chi connectivity index (χ1) is 8.99. The van der Waals surface area contributed by atoms with Crippen LogP contribution in [0.4, 0.5) is 14.5 Å². The van der Waals surface area contributed by atoms with Gasteiger partial charge in [-0.15, -0.1) is 0 Å². The van der Waals surface area contributed by atoms with Gasteiger partial charge in [-0.05, 0) is 38.5 Å². The standard InChI is InChI=1S/C14H15F2N3/c1-8-7-17-9(2)14(8)10(3)18-19-13-5-4-11(15)6-12(13)16/h4-7,17,19H,1-3H3/b18-10+.